The Labute approximate surface area is 100.0 Å². The van der Waals surface area contributed by atoms with Crippen LogP contribution in [0.5, 0.6) is 5.75 Å². The van der Waals surface area contributed by atoms with Crippen LogP contribution in [-0.4, -0.2) is 13.7 Å². The van der Waals surface area contributed by atoms with Gasteiger partial charge in [0, 0.05) is 16.7 Å². The number of hydrogen-bond donors (Lipinski definition) is 1. The fourth-order valence-corrected chi connectivity index (χ4v) is 2.42. The summed E-state index contributed by atoms with van der Waals surface area (Å²) in [6.45, 7) is 2.95. The van der Waals surface area contributed by atoms with Gasteiger partial charge in [0.1, 0.15) is 5.75 Å². The van der Waals surface area contributed by atoms with Crippen molar-refractivity contribution in [2.24, 2.45) is 0 Å². The van der Waals surface area contributed by atoms with E-state index in [2.05, 4.69) is 5.32 Å². The molecule has 0 spiro atoms. The lowest BCUT2D eigenvalue weighted by Crippen LogP contribution is -2.33. The molecule has 1 unspecified atom stereocenters. The second-order valence-corrected chi connectivity index (χ2v) is 4.62. The highest BCUT2D eigenvalue weighted by Crippen LogP contribution is 2.38. The highest BCUT2D eigenvalue weighted by atomic mass is 19.3. The first-order valence-electron chi connectivity index (χ1n) is 5.78. The first-order chi connectivity index (χ1) is 8.07. The molecule has 1 aliphatic rings. The molecule has 0 saturated carbocycles. The Balaban J connectivity index is 2.45. The van der Waals surface area contributed by atoms with Gasteiger partial charge in [0.15, 0.2) is 0 Å². The van der Waals surface area contributed by atoms with Gasteiger partial charge in [0.25, 0.3) is 6.43 Å². The lowest BCUT2D eigenvalue weighted by Gasteiger charge is -2.27. The van der Waals surface area contributed by atoms with Gasteiger partial charge in [-0.2, -0.15) is 0 Å². The summed E-state index contributed by atoms with van der Waals surface area (Å²) >= 11 is 0. The molecule has 0 aliphatic carbocycles. The zero-order valence-electron chi connectivity index (χ0n) is 10.1. The second kappa shape index (κ2) is 4.61. The summed E-state index contributed by atoms with van der Waals surface area (Å²) in [4.78, 5) is 0. The average molecular weight is 241 g/mol. The van der Waals surface area contributed by atoms with Crippen molar-refractivity contribution in [3.63, 3.8) is 0 Å². The molecule has 2 nitrogen and oxygen atoms in total. The summed E-state index contributed by atoms with van der Waals surface area (Å²) in [5.74, 6) is 0.673. The topological polar surface area (TPSA) is 21.3 Å². The van der Waals surface area contributed by atoms with Crippen molar-refractivity contribution in [1.29, 1.82) is 0 Å². The molecule has 1 atom stereocenters. The van der Waals surface area contributed by atoms with Crippen molar-refractivity contribution < 1.29 is 13.5 Å². The predicted octanol–water partition coefficient (Wildman–Crippen LogP) is 3.23. The predicted molar refractivity (Wildman–Crippen MR) is 62.5 cm³/mol. The van der Waals surface area contributed by atoms with Crippen molar-refractivity contribution in [2.75, 3.05) is 13.7 Å². The monoisotopic (exact) mass is 241 g/mol. The highest BCUT2D eigenvalue weighted by molar-refractivity contribution is 5.42. The van der Waals surface area contributed by atoms with Crippen LogP contribution in [0.25, 0.3) is 0 Å². The standard InChI is InChI=1S/C13H17F2NO/c1-13(6-3-7-16-13)10-8-9(12(14)15)4-5-11(10)17-2/h4-5,8,12,16H,3,6-7H2,1-2H3. The number of alkyl halides is 2. The van der Waals surface area contributed by atoms with Crippen molar-refractivity contribution in [2.45, 2.75) is 31.7 Å². The summed E-state index contributed by atoms with van der Waals surface area (Å²) in [6, 6.07) is 4.61. The van der Waals surface area contributed by atoms with Crippen LogP contribution < -0.4 is 10.1 Å². The van der Waals surface area contributed by atoms with E-state index >= 15 is 0 Å². The molecule has 1 aromatic carbocycles. The molecule has 0 amide bonds. The molecule has 0 radical (unpaired) electrons. The minimum atomic E-state index is -2.44. The highest BCUT2D eigenvalue weighted by Gasteiger charge is 2.33. The Hall–Kier alpha value is -1.16. The van der Waals surface area contributed by atoms with Gasteiger partial charge >= 0.3 is 0 Å². The summed E-state index contributed by atoms with van der Waals surface area (Å²) < 4.78 is 30.7. The van der Waals surface area contributed by atoms with Gasteiger partial charge < -0.3 is 10.1 Å². The zero-order valence-corrected chi connectivity index (χ0v) is 10.1. The third-order valence-corrected chi connectivity index (χ3v) is 3.44. The van der Waals surface area contributed by atoms with Crippen molar-refractivity contribution in [3.05, 3.63) is 29.3 Å². The zero-order chi connectivity index (χ0) is 12.5. The van der Waals surface area contributed by atoms with Crippen molar-refractivity contribution >= 4 is 0 Å². The van der Waals surface area contributed by atoms with Gasteiger partial charge in [-0.25, -0.2) is 8.78 Å². The largest absolute Gasteiger partial charge is 0.496 e. The maximum Gasteiger partial charge on any atom is 0.263 e. The molecule has 4 heteroatoms. The molecule has 1 aliphatic heterocycles. The molecule has 1 saturated heterocycles. The van der Waals surface area contributed by atoms with Crippen LogP contribution in [0.2, 0.25) is 0 Å². The van der Waals surface area contributed by atoms with Crippen molar-refractivity contribution in [3.8, 4) is 5.75 Å². The van der Waals surface area contributed by atoms with Gasteiger partial charge in [-0.05, 0) is 44.5 Å². The number of hydrogen-bond acceptors (Lipinski definition) is 2. The maximum absolute atomic E-state index is 12.7. The van der Waals surface area contributed by atoms with Crippen LogP contribution in [-0.2, 0) is 5.54 Å². The van der Waals surface area contributed by atoms with Crippen LogP contribution >= 0.6 is 0 Å². The summed E-state index contributed by atoms with van der Waals surface area (Å²) in [6.07, 6.45) is -0.445. The Morgan fingerprint density at radius 1 is 1.41 bits per heavy atom. The molecule has 17 heavy (non-hydrogen) atoms. The van der Waals surface area contributed by atoms with E-state index in [0.717, 1.165) is 24.9 Å². The fourth-order valence-electron chi connectivity index (χ4n) is 2.42. The van der Waals surface area contributed by atoms with E-state index < -0.39 is 6.43 Å². The van der Waals surface area contributed by atoms with Gasteiger partial charge in [0.2, 0.25) is 0 Å². The summed E-state index contributed by atoms with van der Waals surface area (Å²) in [7, 11) is 1.57. The molecule has 2 rings (SSSR count). The number of halogens is 2. The summed E-state index contributed by atoms with van der Waals surface area (Å²) in [5, 5.41) is 3.37. The van der Waals surface area contributed by atoms with Gasteiger partial charge in [-0.1, -0.05) is 0 Å². The van der Waals surface area contributed by atoms with E-state index in [1.165, 1.54) is 6.07 Å². The minimum Gasteiger partial charge on any atom is -0.496 e. The Morgan fingerprint density at radius 2 is 2.18 bits per heavy atom. The Bertz CT molecular complexity index is 400. The van der Waals surface area contributed by atoms with E-state index in [0.29, 0.717) is 5.75 Å². The third-order valence-electron chi connectivity index (χ3n) is 3.44. The molecule has 1 aromatic rings. The normalized spacial score (nSPS) is 24.3. The SMILES string of the molecule is COc1ccc(C(F)F)cc1C1(C)CCCN1. The third kappa shape index (κ3) is 2.27. The fraction of sp³-hybridized carbons (Fsp3) is 0.538. The minimum absolute atomic E-state index is 0.0516. The molecular formula is C13H17F2NO. The molecule has 1 fully saturated rings. The second-order valence-electron chi connectivity index (χ2n) is 4.62. The maximum atomic E-state index is 12.7. The van der Waals surface area contributed by atoms with E-state index in [1.807, 2.05) is 6.92 Å². The Kier molecular flexibility index (Phi) is 3.33. The first kappa shape index (κ1) is 12.3. The van der Waals surface area contributed by atoms with Crippen LogP contribution in [0, 0.1) is 0 Å². The lowest BCUT2D eigenvalue weighted by atomic mass is 9.88. The van der Waals surface area contributed by atoms with Crippen LogP contribution in [0.3, 0.4) is 0 Å². The lowest BCUT2D eigenvalue weighted by molar-refractivity contribution is 0.151. The number of methoxy groups -OCH3 is 1. The van der Waals surface area contributed by atoms with Gasteiger partial charge in [-0.3, -0.25) is 0 Å². The van der Waals surface area contributed by atoms with E-state index in [4.69, 9.17) is 4.74 Å². The molecule has 0 bridgehead atoms. The van der Waals surface area contributed by atoms with Gasteiger partial charge in [0.05, 0.1) is 7.11 Å². The summed E-state index contributed by atoms with van der Waals surface area (Å²) in [5.41, 5.74) is 0.627. The number of benzene rings is 1. The van der Waals surface area contributed by atoms with Crippen LogP contribution in [0.4, 0.5) is 8.78 Å². The number of ether oxygens (including phenoxy) is 1. The molecule has 1 heterocycles. The van der Waals surface area contributed by atoms with Crippen LogP contribution in [0.15, 0.2) is 18.2 Å². The van der Waals surface area contributed by atoms with Gasteiger partial charge in [-0.15, -0.1) is 0 Å². The first-order valence-corrected chi connectivity index (χ1v) is 5.78. The number of nitrogens with one attached hydrogen (secondary N) is 1. The van der Waals surface area contributed by atoms with E-state index in [9.17, 15) is 8.78 Å². The van der Waals surface area contributed by atoms with Crippen LogP contribution in [0.1, 0.15) is 37.3 Å². The van der Waals surface area contributed by atoms with E-state index in [1.54, 1.807) is 19.2 Å². The number of rotatable bonds is 3. The quantitative estimate of drug-likeness (QED) is 0.877. The average Bonchev–Trinajstić information content (AvgIpc) is 2.76. The van der Waals surface area contributed by atoms with E-state index in [-0.39, 0.29) is 11.1 Å². The smallest absolute Gasteiger partial charge is 0.263 e. The molecular weight excluding hydrogens is 224 g/mol. The molecule has 1 N–H and O–H groups in total. The Morgan fingerprint density at radius 3 is 2.71 bits per heavy atom. The molecule has 94 valence electrons. The molecule has 0 aromatic heterocycles. The van der Waals surface area contributed by atoms with Crippen molar-refractivity contribution in [1.82, 2.24) is 5.32 Å².